The van der Waals surface area contributed by atoms with E-state index in [4.69, 9.17) is 0 Å². The van der Waals surface area contributed by atoms with Crippen LogP contribution in [0.15, 0.2) is 28.7 Å². The van der Waals surface area contributed by atoms with Gasteiger partial charge in [-0.05, 0) is 40.9 Å². The smallest absolute Gasteiger partial charge is 0.311 e. The Morgan fingerprint density at radius 2 is 2.10 bits per heavy atom. The molecule has 1 aliphatic heterocycles. The summed E-state index contributed by atoms with van der Waals surface area (Å²) in [4.78, 5) is 25.7. The Morgan fingerprint density at radius 1 is 1.40 bits per heavy atom. The molecule has 1 amide bonds. The van der Waals surface area contributed by atoms with E-state index in [1.807, 2.05) is 25.1 Å². The summed E-state index contributed by atoms with van der Waals surface area (Å²) >= 11 is 3.37. The minimum absolute atomic E-state index is 0.100. The second-order valence-electron chi connectivity index (χ2n) is 5.29. The SMILES string of the molecule is CCCC1(C(=O)O)CCN(C(=O)c2ccccc2Br)C1. The van der Waals surface area contributed by atoms with Gasteiger partial charge in [-0.1, -0.05) is 25.5 Å². The summed E-state index contributed by atoms with van der Waals surface area (Å²) in [6, 6.07) is 7.24. The molecule has 1 N–H and O–H groups in total. The Balaban J connectivity index is 2.19. The Labute approximate surface area is 126 Å². The van der Waals surface area contributed by atoms with Gasteiger partial charge in [-0.3, -0.25) is 9.59 Å². The summed E-state index contributed by atoms with van der Waals surface area (Å²) in [7, 11) is 0. The Morgan fingerprint density at radius 3 is 2.70 bits per heavy atom. The summed E-state index contributed by atoms with van der Waals surface area (Å²) in [5, 5.41) is 9.47. The van der Waals surface area contributed by atoms with Crippen LogP contribution in [-0.2, 0) is 4.79 Å². The normalized spacial score (nSPS) is 22.0. The van der Waals surface area contributed by atoms with E-state index in [1.165, 1.54) is 0 Å². The van der Waals surface area contributed by atoms with Crippen LogP contribution in [0.1, 0.15) is 36.5 Å². The molecular weight excluding hydrogens is 322 g/mol. The Hall–Kier alpha value is -1.36. The molecule has 1 saturated heterocycles. The summed E-state index contributed by atoms with van der Waals surface area (Å²) in [5.41, 5.74) is -0.184. The first kappa shape index (κ1) is 15.0. The van der Waals surface area contributed by atoms with Gasteiger partial charge in [0.05, 0.1) is 11.0 Å². The number of carbonyl (C=O) groups is 2. The van der Waals surface area contributed by atoms with Crippen molar-refractivity contribution < 1.29 is 14.7 Å². The van der Waals surface area contributed by atoms with Crippen LogP contribution >= 0.6 is 15.9 Å². The minimum Gasteiger partial charge on any atom is -0.481 e. The first-order valence-electron chi connectivity index (χ1n) is 6.77. The third-order valence-electron chi connectivity index (χ3n) is 3.93. The zero-order chi connectivity index (χ0) is 14.8. The number of carbonyl (C=O) groups excluding carboxylic acids is 1. The molecule has 5 heteroatoms. The molecule has 1 aromatic rings. The fraction of sp³-hybridized carbons (Fsp3) is 0.467. The van der Waals surface area contributed by atoms with Crippen molar-refractivity contribution in [2.45, 2.75) is 26.2 Å². The van der Waals surface area contributed by atoms with Crippen LogP contribution in [0.2, 0.25) is 0 Å². The number of aliphatic carboxylic acids is 1. The predicted molar refractivity (Wildman–Crippen MR) is 79.6 cm³/mol. The molecule has 1 heterocycles. The van der Waals surface area contributed by atoms with Crippen LogP contribution in [0.3, 0.4) is 0 Å². The topological polar surface area (TPSA) is 57.6 Å². The highest BCUT2D eigenvalue weighted by molar-refractivity contribution is 9.10. The molecule has 0 spiro atoms. The van der Waals surface area contributed by atoms with Crippen LogP contribution in [0.25, 0.3) is 0 Å². The van der Waals surface area contributed by atoms with Gasteiger partial charge in [0.2, 0.25) is 0 Å². The van der Waals surface area contributed by atoms with Crippen molar-refractivity contribution in [2.24, 2.45) is 5.41 Å². The molecule has 1 aromatic carbocycles. The van der Waals surface area contributed by atoms with Gasteiger partial charge in [0.1, 0.15) is 0 Å². The fourth-order valence-corrected chi connectivity index (χ4v) is 3.27. The highest BCUT2D eigenvalue weighted by Gasteiger charge is 2.45. The van der Waals surface area contributed by atoms with Gasteiger partial charge in [0.25, 0.3) is 5.91 Å². The van der Waals surface area contributed by atoms with Crippen LogP contribution < -0.4 is 0 Å². The molecule has 1 fully saturated rings. The van der Waals surface area contributed by atoms with E-state index in [0.717, 1.165) is 10.9 Å². The molecule has 0 aromatic heterocycles. The number of amides is 1. The van der Waals surface area contributed by atoms with Crippen LogP contribution in [0.4, 0.5) is 0 Å². The van der Waals surface area contributed by atoms with Gasteiger partial charge in [0.15, 0.2) is 0 Å². The number of carboxylic acids is 1. The molecule has 0 aliphatic carbocycles. The highest BCUT2D eigenvalue weighted by atomic mass is 79.9. The van der Waals surface area contributed by atoms with Crippen LogP contribution in [0, 0.1) is 5.41 Å². The van der Waals surface area contributed by atoms with E-state index in [1.54, 1.807) is 11.0 Å². The highest BCUT2D eigenvalue weighted by Crippen LogP contribution is 2.36. The zero-order valence-electron chi connectivity index (χ0n) is 11.4. The molecular formula is C15H18BrNO3. The van der Waals surface area contributed by atoms with Gasteiger partial charge in [-0.25, -0.2) is 0 Å². The number of benzene rings is 1. The van der Waals surface area contributed by atoms with Gasteiger partial charge in [-0.2, -0.15) is 0 Å². The lowest BCUT2D eigenvalue weighted by molar-refractivity contribution is -0.148. The molecule has 1 aliphatic rings. The van der Waals surface area contributed by atoms with Crippen molar-refractivity contribution in [1.29, 1.82) is 0 Å². The lowest BCUT2D eigenvalue weighted by Crippen LogP contribution is -2.37. The largest absolute Gasteiger partial charge is 0.481 e. The number of nitrogens with zero attached hydrogens (tertiary/aromatic N) is 1. The molecule has 108 valence electrons. The van der Waals surface area contributed by atoms with Crippen LogP contribution in [-0.4, -0.2) is 35.0 Å². The van der Waals surface area contributed by atoms with E-state index >= 15 is 0 Å². The summed E-state index contributed by atoms with van der Waals surface area (Å²) < 4.78 is 0.744. The monoisotopic (exact) mass is 339 g/mol. The molecule has 1 atom stereocenters. The van der Waals surface area contributed by atoms with E-state index in [0.29, 0.717) is 31.5 Å². The van der Waals surface area contributed by atoms with Crippen molar-refractivity contribution in [3.63, 3.8) is 0 Å². The summed E-state index contributed by atoms with van der Waals surface area (Å²) in [5.74, 6) is -0.890. The molecule has 2 rings (SSSR count). The van der Waals surface area contributed by atoms with Crippen molar-refractivity contribution in [1.82, 2.24) is 4.90 Å². The molecule has 4 nitrogen and oxygen atoms in total. The lowest BCUT2D eigenvalue weighted by Gasteiger charge is -2.24. The predicted octanol–water partition coefficient (Wildman–Crippen LogP) is 3.17. The van der Waals surface area contributed by atoms with Crippen molar-refractivity contribution >= 4 is 27.8 Å². The first-order chi connectivity index (χ1) is 9.50. The quantitative estimate of drug-likeness (QED) is 0.916. The van der Waals surface area contributed by atoms with Crippen molar-refractivity contribution in [2.75, 3.05) is 13.1 Å². The summed E-state index contributed by atoms with van der Waals surface area (Å²) in [6.07, 6.45) is 1.96. The molecule has 0 radical (unpaired) electrons. The van der Waals surface area contributed by atoms with Gasteiger partial charge < -0.3 is 10.0 Å². The average Bonchev–Trinajstić information content (AvgIpc) is 2.85. The Kier molecular flexibility index (Phi) is 4.48. The standard InChI is InChI=1S/C15H18BrNO3/c1-2-7-15(14(19)20)8-9-17(10-15)13(18)11-5-3-4-6-12(11)16/h3-6H,2,7-10H2,1H3,(H,19,20). The first-order valence-corrected chi connectivity index (χ1v) is 7.57. The maximum absolute atomic E-state index is 12.5. The Bertz CT molecular complexity index is 532. The van der Waals surface area contributed by atoms with Crippen molar-refractivity contribution in [3.8, 4) is 0 Å². The van der Waals surface area contributed by atoms with Crippen molar-refractivity contribution in [3.05, 3.63) is 34.3 Å². The maximum Gasteiger partial charge on any atom is 0.311 e. The van der Waals surface area contributed by atoms with Gasteiger partial charge in [0, 0.05) is 17.6 Å². The molecule has 1 unspecified atom stereocenters. The van der Waals surface area contributed by atoms with E-state index < -0.39 is 11.4 Å². The number of halogens is 1. The summed E-state index contributed by atoms with van der Waals surface area (Å²) in [6.45, 7) is 2.78. The second-order valence-corrected chi connectivity index (χ2v) is 6.15. The third kappa shape index (κ3) is 2.73. The third-order valence-corrected chi connectivity index (χ3v) is 4.62. The van der Waals surface area contributed by atoms with E-state index in [2.05, 4.69) is 15.9 Å². The minimum atomic E-state index is -0.790. The lowest BCUT2D eigenvalue weighted by atomic mass is 9.83. The van der Waals surface area contributed by atoms with E-state index in [9.17, 15) is 14.7 Å². The second kappa shape index (κ2) is 5.95. The number of carboxylic acid groups (broad SMARTS) is 1. The van der Waals surface area contributed by atoms with Crippen LogP contribution in [0.5, 0.6) is 0 Å². The fourth-order valence-electron chi connectivity index (χ4n) is 2.81. The maximum atomic E-state index is 12.5. The number of hydrogen-bond donors (Lipinski definition) is 1. The average molecular weight is 340 g/mol. The molecule has 0 bridgehead atoms. The number of rotatable bonds is 4. The number of likely N-dealkylation sites (tertiary alicyclic amines) is 1. The van der Waals surface area contributed by atoms with Gasteiger partial charge >= 0.3 is 5.97 Å². The molecule has 0 saturated carbocycles. The number of hydrogen-bond acceptors (Lipinski definition) is 2. The van der Waals surface area contributed by atoms with Gasteiger partial charge in [-0.15, -0.1) is 0 Å². The van der Waals surface area contributed by atoms with E-state index in [-0.39, 0.29) is 5.91 Å². The zero-order valence-corrected chi connectivity index (χ0v) is 13.0. The molecule has 20 heavy (non-hydrogen) atoms.